The molecule has 0 saturated carbocycles. The van der Waals surface area contributed by atoms with Gasteiger partial charge in [-0.2, -0.15) is 5.26 Å². The van der Waals surface area contributed by atoms with Gasteiger partial charge in [0.2, 0.25) is 0 Å². The SMILES string of the molecule is CC(CO)CCCNC(C)c1ccc(OCC#N)cc1. The van der Waals surface area contributed by atoms with Crippen LogP contribution in [0.5, 0.6) is 5.75 Å². The molecule has 4 nitrogen and oxygen atoms in total. The molecule has 0 saturated heterocycles. The van der Waals surface area contributed by atoms with Gasteiger partial charge in [-0.15, -0.1) is 0 Å². The minimum absolute atomic E-state index is 0.0796. The quantitative estimate of drug-likeness (QED) is 0.681. The summed E-state index contributed by atoms with van der Waals surface area (Å²) in [5.41, 5.74) is 1.20. The zero-order valence-electron chi connectivity index (χ0n) is 12.3. The summed E-state index contributed by atoms with van der Waals surface area (Å²) in [4.78, 5) is 0. The fourth-order valence-electron chi connectivity index (χ4n) is 1.95. The second-order valence-electron chi connectivity index (χ2n) is 5.12. The lowest BCUT2D eigenvalue weighted by atomic mass is 10.1. The largest absolute Gasteiger partial charge is 0.479 e. The molecule has 0 aliphatic rings. The number of hydrogen-bond acceptors (Lipinski definition) is 4. The van der Waals surface area contributed by atoms with Crippen molar-refractivity contribution in [2.75, 3.05) is 19.8 Å². The van der Waals surface area contributed by atoms with Crippen LogP contribution in [-0.2, 0) is 0 Å². The number of nitriles is 1. The minimum Gasteiger partial charge on any atom is -0.479 e. The number of benzene rings is 1. The van der Waals surface area contributed by atoms with Crippen molar-refractivity contribution in [3.05, 3.63) is 29.8 Å². The summed E-state index contributed by atoms with van der Waals surface area (Å²) in [6, 6.07) is 10.0. The summed E-state index contributed by atoms with van der Waals surface area (Å²) in [5, 5.41) is 20.9. The second kappa shape index (κ2) is 9.35. The molecule has 0 radical (unpaired) electrons. The summed E-state index contributed by atoms with van der Waals surface area (Å²) in [7, 11) is 0. The molecule has 1 aromatic rings. The molecule has 0 bridgehead atoms. The molecule has 0 aromatic heterocycles. The van der Waals surface area contributed by atoms with Crippen LogP contribution >= 0.6 is 0 Å². The molecule has 1 aromatic carbocycles. The van der Waals surface area contributed by atoms with E-state index in [1.807, 2.05) is 30.3 Å². The molecule has 0 aliphatic heterocycles. The maximum atomic E-state index is 8.96. The van der Waals surface area contributed by atoms with E-state index >= 15 is 0 Å². The number of nitrogens with one attached hydrogen (secondary N) is 1. The maximum absolute atomic E-state index is 8.96. The predicted molar refractivity (Wildman–Crippen MR) is 79.5 cm³/mol. The summed E-state index contributed by atoms with van der Waals surface area (Å²) in [5.74, 6) is 1.10. The Morgan fingerprint density at radius 2 is 2.00 bits per heavy atom. The van der Waals surface area contributed by atoms with Crippen LogP contribution < -0.4 is 10.1 Å². The molecule has 2 unspecified atom stereocenters. The van der Waals surface area contributed by atoms with Gasteiger partial charge in [0.05, 0.1) is 0 Å². The molecule has 4 heteroatoms. The highest BCUT2D eigenvalue weighted by molar-refractivity contribution is 5.29. The molecule has 2 N–H and O–H groups in total. The third kappa shape index (κ3) is 6.05. The standard InChI is InChI=1S/C16H24N2O2/c1-13(12-19)4-3-10-18-14(2)15-5-7-16(8-6-15)20-11-9-17/h5-8,13-14,18-19H,3-4,10-12H2,1-2H3. The Kier molecular flexibility index (Phi) is 7.71. The third-order valence-corrected chi connectivity index (χ3v) is 3.32. The van der Waals surface area contributed by atoms with Crippen molar-refractivity contribution in [2.24, 2.45) is 5.92 Å². The molecule has 0 amide bonds. The first-order valence-electron chi connectivity index (χ1n) is 7.11. The van der Waals surface area contributed by atoms with E-state index in [0.717, 1.165) is 25.1 Å². The van der Waals surface area contributed by atoms with Gasteiger partial charge < -0.3 is 15.2 Å². The van der Waals surface area contributed by atoms with Gasteiger partial charge in [0.1, 0.15) is 11.8 Å². The molecule has 1 rings (SSSR count). The Morgan fingerprint density at radius 3 is 2.60 bits per heavy atom. The number of nitrogens with zero attached hydrogens (tertiary/aromatic N) is 1. The second-order valence-corrected chi connectivity index (χ2v) is 5.12. The number of hydrogen-bond donors (Lipinski definition) is 2. The van der Waals surface area contributed by atoms with Crippen molar-refractivity contribution in [3.63, 3.8) is 0 Å². The summed E-state index contributed by atoms with van der Waals surface area (Å²) in [6.07, 6.45) is 2.10. The van der Waals surface area contributed by atoms with Gasteiger partial charge >= 0.3 is 0 Å². The van der Waals surface area contributed by atoms with E-state index in [9.17, 15) is 0 Å². The molecule has 20 heavy (non-hydrogen) atoms. The Bertz CT molecular complexity index is 411. The zero-order valence-corrected chi connectivity index (χ0v) is 12.3. The smallest absolute Gasteiger partial charge is 0.174 e. The number of ether oxygens (including phenoxy) is 1. The van der Waals surface area contributed by atoms with Crippen molar-refractivity contribution < 1.29 is 9.84 Å². The lowest BCUT2D eigenvalue weighted by Gasteiger charge is -2.15. The molecule has 110 valence electrons. The predicted octanol–water partition coefficient (Wildman–Crippen LogP) is 2.65. The van der Waals surface area contributed by atoms with Gasteiger partial charge in [-0.3, -0.25) is 0 Å². The average Bonchev–Trinajstić information content (AvgIpc) is 2.49. The Morgan fingerprint density at radius 1 is 1.30 bits per heavy atom. The summed E-state index contributed by atoms with van der Waals surface area (Å²) < 4.78 is 5.22. The Balaban J connectivity index is 2.32. The molecule has 0 fully saturated rings. The van der Waals surface area contributed by atoms with Gasteiger partial charge in [0.15, 0.2) is 6.61 Å². The van der Waals surface area contributed by atoms with E-state index < -0.39 is 0 Å². The van der Waals surface area contributed by atoms with Gasteiger partial charge in [0, 0.05) is 12.6 Å². The third-order valence-electron chi connectivity index (χ3n) is 3.32. The number of rotatable bonds is 9. The minimum atomic E-state index is 0.0796. The van der Waals surface area contributed by atoms with Crippen LogP contribution in [-0.4, -0.2) is 24.9 Å². The first-order valence-corrected chi connectivity index (χ1v) is 7.11. The maximum Gasteiger partial charge on any atom is 0.174 e. The molecular weight excluding hydrogens is 252 g/mol. The number of aliphatic hydroxyl groups excluding tert-OH is 1. The Labute approximate surface area is 121 Å². The molecule has 2 atom stereocenters. The monoisotopic (exact) mass is 276 g/mol. The van der Waals surface area contributed by atoms with Gasteiger partial charge in [-0.05, 0) is 49.9 Å². The zero-order chi connectivity index (χ0) is 14.8. The van der Waals surface area contributed by atoms with E-state index in [2.05, 4.69) is 19.2 Å². The molecule has 0 spiro atoms. The molecular formula is C16H24N2O2. The normalized spacial score (nSPS) is 13.5. The van der Waals surface area contributed by atoms with Crippen LogP contribution in [0.1, 0.15) is 38.3 Å². The van der Waals surface area contributed by atoms with Crippen LogP contribution in [0.3, 0.4) is 0 Å². The van der Waals surface area contributed by atoms with E-state index in [4.69, 9.17) is 15.1 Å². The number of aliphatic hydroxyl groups is 1. The fourth-order valence-corrected chi connectivity index (χ4v) is 1.95. The van der Waals surface area contributed by atoms with Crippen molar-refractivity contribution in [2.45, 2.75) is 32.7 Å². The molecule has 0 heterocycles. The lowest BCUT2D eigenvalue weighted by molar-refractivity contribution is 0.227. The van der Waals surface area contributed by atoms with E-state index in [1.165, 1.54) is 5.56 Å². The summed E-state index contributed by atoms with van der Waals surface area (Å²) in [6.45, 7) is 5.47. The van der Waals surface area contributed by atoms with Crippen LogP contribution in [0.25, 0.3) is 0 Å². The van der Waals surface area contributed by atoms with Crippen LogP contribution in [0.4, 0.5) is 0 Å². The average molecular weight is 276 g/mol. The van der Waals surface area contributed by atoms with Gasteiger partial charge in [-0.25, -0.2) is 0 Å². The van der Waals surface area contributed by atoms with Crippen molar-refractivity contribution in [1.29, 1.82) is 5.26 Å². The lowest BCUT2D eigenvalue weighted by Crippen LogP contribution is -2.20. The topological polar surface area (TPSA) is 65.3 Å². The fraction of sp³-hybridized carbons (Fsp3) is 0.562. The summed E-state index contributed by atoms with van der Waals surface area (Å²) >= 11 is 0. The van der Waals surface area contributed by atoms with Crippen LogP contribution in [0.2, 0.25) is 0 Å². The van der Waals surface area contributed by atoms with Crippen molar-refractivity contribution in [1.82, 2.24) is 5.32 Å². The van der Waals surface area contributed by atoms with E-state index in [1.54, 1.807) is 0 Å². The highest BCUT2D eigenvalue weighted by Crippen LogP contribution is 2.17. The molecule has 0 aliphatic carbocycles. The Hall–Kier alpha value is -1.57. The first kappa shape index (κ1) is 16.5. The highest BCUT2D eigenvalue weighted by Gasteiger charge is 2.05. The van der Waals surface area contributed by atoms with E-state index in [-0.39, 0.29) is 19.3 Å². The van der Waals surface area contributed by atoms with Crippen molar-refractivity contribution >= 4 is 0 Å². The van der Waals surface area contributed by atoms with Gasteiger partial charge in [0.25, 0.3) is 0 Å². The first-order chi connectivity index (χ1) is 9.67. The van der Waals surface area contributed by atoms with Gasteiger partial charge in [-0.1, -0.05) is 19.1 Å². The van der Waals surface area contributed by atoms with Crippen LogP contribution in [0.15, 0.2) is 24.3 Å². The highest BCUT2D eigenvalue weighted by atomic mass is 16.5. The van der Waals surface area contributed by atoms with Crippen molar-refractivity contribution in [3.8, 4) is 11.8 Å². The van der Waals surface area contributed by atoms with E-state index in [0.29, 0.717) is 5.92 Å². The van der Waals surface area contributed by atoms with Crippen LogP contribution in [0, 0.1) is 17.2 Å².